The molecule has 0 saturated heterocycles. The Balaban J connectivity index is 2.05. The summed E-state index contributed by atoms with van der Waals surface area (Å²) in [7, 11) is 6.10. The largest absolute Gasteiger partial charge is 0.305 e. The first-order valence-corrected chi connectivity index (χ1v) is 7.75. The van der Waals surface area contributed by atoms with Crippen molar-refractivity contribution in [2.24, 2.45) is 7.05 Å². The van der Waals surface area contributed by atoms with Crippen molar-refractivity contribution in [1.82, 2.24) is 19.7 Å². The summed E-state index contributed by atoms with van der Waals surface area (Å²) in [6.07, 6.45) is 0. The van der Waals surface area contributed by atoms with Crippen LogP contribution in [0.4, 0.5) is 0 Å². The van der Waals surface area contributed by atoms with E-state index < -0.39 is 0 Å². The van der Waals surface area contributed by atoms with Crippen LogP contribution in [0, 0.1) is 6.92 Å². The van der Waals surface area contributed by atoms with E-state index >= 15 is 0 Å². The van der Waals surface area contributed by atoms with Gasteiger partial charge in [0.1, 0.15) is 0 Å². The Labute approximate surface area is 137 Å². The molecule has 1 heterocycles. The molecule has 0 spiro atoms. The molecule has 3 rings (SSSR count). The van der Waals surface area contributed by atoms with Crippen molar-refractivity contribution in [3.8, 4) is 22.8 Å². The zero-order chi connectivity index (χ0) is 16.4. The van der Waals surface area contributed by atoms with E-state index in [2.05, 4.69) is 73.5 Å². The van der Waals surface area contributed by atoms with Crippen LogP contribution in [0.2, 0.25) is 0 Å². The maximum atomic E-state index is 4.79. The van der Waals surface area contributed by atoms with E-state index in [-0.39, 0.29) is 0 Å². The molecule has 0 aliphatic rings. The molecular weight excluding hydrogens is 284 g/mol. The summed E-state index contributed by atoms with van der Waals surface area (Å²) in [5, 5.41) is 4.61. The lowest BCUT2D eigenvalue weighted by Gasteiger charge is -2.13. The Hall–Kier alpha value is -2.46. The minimum Gasteiger partial charge on any atom is -0.305 e. The van der Waals surface area contributed by atoms with Gasteiger partial charge in [0.2, 0.25) is 0 Å². The van der Waals surface area contributed by atoms with Crippen molar-refractivity contribution >= 4 is 0 Å². The zero-order valence-electron chi connectivity index (χ0n) is 14.1. The third-order valence-corrected chi connectivity index (χ3v) is 3.78. The SMILES string of the molecule is Cc1cccc(-c2nc(-c3ccccc3CN(C)C)n(C)n2)c1. The van der Waals surface area contributed by atoms with Gasteiger partial charge in [-0.15, -0.1) is 0 Å². The fourth-order valence-electron chi connectivity index (χ4n) is 2.74. The summed E-state index contributed by atoms with van der Waals surface area (Å²) < 4.78 is 1.87. The van der Waals surface area contributed by atoms with Crippen LogP contribution in [0.5, 0.6) is 0 Å². The fourth-order valence-corrected chi connectivity index (χ4v) is 2.74. The summed E-state index contributed by atoms with van der Waals surface area (Å²) in [5.41, 5.74) is 4.65. The highest BCUT2D eigenvalue weighted by Crippen LogP contribution is 2.25. The Morgan fingerprint density at radius 1 is 1.04 bits per heavy atom. The molecule has 23 heavy (non-hydrogen) atoms. The molecule has 0 fully saturated rings. The quantitative estimate of drug-likeness (QED) is 0.739. The highest BCUT2D eigenvalue weighted by Gasteiger charge is 2.14. The average Bonchev–Trinajstić information content (AvgIpc) is 2.89. The monoisotopic (exact) mass is 306 g/mol. The van der Waals surface area contributed by atoms with E-state index in [1.807, 2.05) is 17.8 Å². The molecule has 0 amide bonds. The van der Waals surface area contributed by atoms with Gasteiger partial charge in [0.25, 0.3) is 0 Å². The molecule has 0 unspecified atom stereocenters. The maximum absolute atomic E-state index is 4.79. The Morgan fingerprint density at radius 2 is 1.83 bits per heavy atom. The number of aromatic nitrogens is 3. The van der Waals surface area contributed by atoms with Crippen LogP contribution >= 0.6 is 0 Å². The van der Waals surface area contributed by atoms with E-state index in [0.29, 0.717) is 0 Å². The molecule has 4 heteroatoms. The Bertz CT molecular complexity index is 818. The third-order valence-electron chi connectivity index (χ3n) is 3.78. The zero-order valence-corrected chi connectivity index (χ0v) is 14.1. The normalized spacial score (nSPS) is 11.2. The van der Waals surface area contributed by atoms with Crippen LogP contribution < -0.4 is 0 Å². The lowest BCUT2D eigenvalue weighted by molar-refractivity contribution is 0.403. The molecule has 0 atom stereocenters. The summed E-state index contributed by atoms with van der Waals surface area (Å²) in [6.45, 7) is 2.96. The summed E-state index contributed by atoms with van der Waals surface area (Å²) in [6, 6.07) is 16.7. The van der Waals surface area contributed by atoms with Gasteiger partial charge in [-0.05, 0) is 32.6 Å². The molecule has 2 aromatic carbocycles. The number of hydrogen-bond donors (Lipinski definition) is 0. The number of nitrogens with zero attached hydrogens (tertiary/aromatic N) is 4. The van der Waals surface area contributed by atoms with Crippen LogP contribution in [-0.4, -0.2) is 33.8 Å². The Kier molecular flexibility index (Phi) is 4.26. The first-order valence-electron chi connectivity index (χ1n) is 7.75. The molecule has 0 saturated carbocycles. The molecule has 4 nitrogen and oxygen atoms in total. The molecule has 118 valence electrons. The van der Waals surface area contributed by atoms with Crippen molar-refractivity contribution in [3.05, 3.63) is 59.7 Å². The highest BCUT2D eigenvalue weighted by atomic mass is 15.3. The van der Waals surface area contributed by atoms with Crippen molar-refractivity contribution in [2.75, 3.05) is 14.1 Å². The predicted molar refractivity (Wildman–Crippen MR) is 94.0 cm³/mol. The van der Waals surface area contributed by atoms with Crippen LogP contribution in [0.25, 0.3) is 22.8 Å². The third kappa shape index (κ3) is 3.32. The second kappa shape index (κ2) is 6.34. The molecule has 1 aromatic heterocycles. The number of rotatable bonds is 4. The second-order valence-electron chi connectivity index (χ2n) is 6.15. The Morgan fingerprint density at radius 3 is 2.57 bits per heavy atom. The highest BCUT2D eigenvalue weighted by molar-refractivity contribution is 5.64. The predicted octanol–water partition coefficient (Wildman–Crippen LogP) is 3.52. The van der Waals surface area contributed by atoms with Gasteiger partial charge in [-0.25, -0.2) is 9.67 Å². The van der Waals surface area contributed by atoms with Crippen LogP contribution in [0.3, 0.4) is 0 Å². The first-order chi connectivity index (χ1) is 11.0. The van der Waals surface area contributed by atoms with Gasteiger partial charge in [-0.3, -0.25) is 0 Å². The van der Waals surface area contributed by atoms with Crippen molar-refractivity contribution in [1.29, 1.82) is 0 Å². The van der Waals surface area contributed by atoms with Gasteiger partial charge in [-0.2, -0.15) is 5.10 Å². The molecule has 3 aromatic rings. The van der Waals surface area contributed by atoms with Crippen molar-refractivity contribution in [3.63, 3.8) is 0 Å². The van der Waals surface area contributed by atoms with Crippen LogP contribution in [0.1, 0.15) is 11.1 Å². The van der Waals surface area contributed by atoms with E-state index in [0.717, 1.165) is 29.3 Å². The van der Waals surface area contributed by atoms with Gasteiger partial charge in [0, 0.05) is 24.7 Å². The fraction of sp³-hybridized carbons (Fsp3) is 0.263. The van der Waals surface area contributed by atoms with Crippen LogP contribution in [0.15, 0.2) is 48.5 Å². The first kappa shape index (κ1) is 15.4. The van der Waals surface area contributed by atoms with Crippen molar-refractivity contribution < 1.29 is 0 Å². The van der Waals surface area contributed by atoms with Gasteiger partial charge in [-0.1, -0.05) is 48.0 Å². The molecule has 0 N–H and O–H groups in total. The molecular formula is C19H22N4. The summed E-state index contributed by atoms with van der Waals surface area (Å²) in [4.78, 5) is 6.96. The van der Waals surface area contributed by atoms with E-state index in [1.54, 1.807) is 0 Å². The van der Waals surface area contributed by atoms with Crippen LogP contribution in [-0.2, 0) is 13.6 Å². The molecule has 0 aliphatic carbocycles. The number of benzene rings is 2. The van der Waals surface area contributed by atoms with E-state index in [9.17, 15) is 0 Å². The van der Waals surface area contributed by atoms with E-state index in [4.69, 9.17) is 4.98 Å². The van der Waals surface area contributed by atoms with E-state index in [1.165, 1.54) is 11.1 Å². The lowest BCUT2D eigenvalue weighted by atomic mass is 10.1. The van der Waals surface area contributed by atoms with Gasteiger partial charge in [0.05, 0.1) is 0 Å². The van der Waals surface area contributed by atoms with Gasteiger partial charge >= 0.3 is 0 Å². The second-order valence-corrected chi connectivity index (χ2v) is 6.15. The van der Waals surface area contributed by atoms with Gasteiger partial charge < -0.3 is 4.90 Å². The molecule has 0 bridgehead atoms. The lowest BCUT2D eigenvalue weighted by Crippen LogP contribution is -2.12. The minimum absolute atomic E-state index is 0.769. The number of aryl methyl sites for hydroxylation is 2. The summed E-state index contributed by atoms with van der Waals surface area (Å²) in [5.74, 6) is 1.67. The maximum Gasteiger partial charge on any atom is 0.181 e. The summed E-state index contributed by atoms with van der Waals surface area (Å²) >= 11 is 0. The average molecular weight is 306 g/mol. The standard InChI is InChI=1S/C19H22N4/c1-14-8-7-10-15(12-14)18-20-19(23(4)21-18)17-11-6-5-9-16(17)13-22(2)3/h5-12H,13H2,1-4H3. The molecule has 0 radical (unpaired) electrons. The molecule has 0 aliphatic heterocycles. The number of hydrogen-bond acceptors (Lipinski definition) is 3. The topological polar surface area (TPSA) is 34.0 Å². The smallest absolute Gasteiger partial charge is 0.181 e. The minimum atomic E-state index is 0.769. The van der Waals surface area contributed by atoms with Crippen molar-refractivity contribution in [2.45, 2.75) is 13.5 Å². The van der Waals surface area contributed by atoms with Gasteiger partial charge in [0.15, 0.2) is 11.6 Å².